The van der Waals surface area contributed by atoms with Gasteiger partial charge in [-0.1, -0.05) is 44.0 Å². The Kier molecular flexibility index (Phi) is 10.9. The van der Waals surface area contributed by atoms with Gasteiger partial charge in [-0.2, -0.15) is 0 Å². The molecule has 3 amide bonds. The fourth-order valence-electron chi connectivity index (χ4n) is 2.85. The largest absolute Gasteiger partial charge is 0.368 e. The number of nitrogens with two attached hydrogens (primary N) is 1. The van der Waals surface area contributed by atoms with Crippen LogP contribution in [0.2, 0.25) is 0 Å². The van der Waals surface area contributed by atoms with E-state index in [1.165, 1.54) is 13.1 Å². The van der Waals surface area contributed by atoms with Gasteiger partial charge in [0.1, 0.15) is 6.04 Å². The van der Waals surface area contributed by atoms with Crippen molar-refractivity contribution in [2.45, 2.75) is 53.5 Å². The number of primary amides is 1. The Hall–Kier alpha value is -1.20. The quantitative estimate of drug-likeness (QED) is 0.491. The molecule has 0 bridgehead atoms. The second kappa shape index (κ2) is 11.4. The van der Waals surface area contributed by atoms with Crippen molar-refractivity contribution >= 4 is 27.6 Å². The molecule has 4 atom stereocenters. The molecule has 2 aliphatic rings. The van der Waals surface area contributed by atoms with Crippen molar-refractivity contribution in [1.29, 1.82) is 0 Å². The molecule has 0 aromatic rings. The van der Waals surface area contributed by atoms with Crippen LogP contribution in [0.1, 0.15) is 47.5 Å². The van der Waals surface area contributed by atoms with E-state index >= 15 is 0 Å². The van der Waals surface area contributed by atoms with Gasteiger partial charge in [-0.3, -0.25) is 19.1 Å². The number of carbonyl (C=O) groups is 3. The Morgan fingerprint density at radius 2 is 2.12 bits per heavy atom. The van der Waals surface area contributed by atoms with Crippen LogP contribution in [-0.2, 0) is 14.4 Å². The van der Waals surface area contributed by atoms with Crippen LogP contribution in [0.4, 0.5) is 0 Å². The minimum atomic E-state index is -0.749. The molecule has 2 heterocycles. The lowest BCUT2D eigenvalue weighted by atomic mass is 9.84. The van der Waals surface area contributed by atoms with Crippen molar-refractivity contribution in [1.82, 2.24) is 15.3 Å². The summed E-state index contributed by atoms with van der Waals surface area (Å²) < 4.78 is 2.32. The molecule has 146 valence electrons. The second-order valence-electron chi connectivity index (χ2n) is 7.07. The third-order valence-corrected chi connectivity index (χ3v) is 5.14. The number of carbonyl (C=O) groups excluding carboxylic acids is 3. The number of amides is 3. The van der Waals surface area contributed by atoms with E-state index in [-0.39, 0.29) is 18.2 Å². The lowest BCUT2D eigenvalue weighted by Gasteiger charge is -2.21. The number of hydrogen-bond acceptors (Lipinski definition) is 4. The zero-order chi connectivity index (χ0) is 19.6. The van der Waals surface area contributed by atoms with Gasteiger partial charge < -0.3 is 16.4 Å². The van der Waals surface area contributed by atoms with E-state index in [1.54, 1.807) is 0 Å². The first-order chi connectivity index (χ1) is 11.7. The molecule has 2 fully saturated rings. The van der Waals surface area contributed by atoms with E-state index < -0.39 is 11.9 Å². The van der Waals surface area contributed by atoms with Gasteiger partial charge in [-0.05, 0) is 24.2 Å². The monoisotopic (exact) mass is 374 g/mol. The first-order valence-electron chi connectivity index (χ1n) is 8.93. The minimum absolute atomic E-state index is 0.0797. The highest BCUT2D eigenvalue weighted by molar-refractivity contribution is 7.13. The third-order valence-electron chi connectivity index (χ3n) is 4.75. The van der Waals surface area contributed by atoms with Crippen LogP contribution in [0, 0.1) is 17.3 Å². The molecule has 0 aromatic heterocycles. The zero-order valence-electron chi connectivity index (χ0n) is 16.2. The van der Waals surface area contributed by atoms with Crippen LogP contribution in [-0.4, -0.2) is 48.6 Å². The van der Waals surface area contributed by atoms with Crippen LogP contribution in [0.3, 0.4) is 0 Å². The van der Waals surface area contributed by atoms with Crippen LogP contribution in [0.25, 0.3) is 0 Å². The Balaban J connectivity index is 0.000000451. The Morgan fingerprint density at radius 3 is 2.40 bits per heavy atom. The molecule has 0 radical (unpaired) electrons. The van der Waals surface area contributed by atoms with E-state index in [0.29, 0.717) is 24.8 Å². The van der Waals surface area contributed by atoms with E-state index in [2.05, 4.69) is 45.5 Å². The summed E-state index contributed by atoms with van der Waals surface area (Å²) in [6.07, 6.45) is 1.38. The fourth-order valence-corrected chi connectivity index (χ4v) is 3.63. The van der Waals surface area contributed by atoms with Gasteiger partial charge in [0, 0.05) is 25.6 Å². The van der Waals surface area contributed by atoms with Gasteiger partial charge in [-0.15, -0.1) is 0 Å². The van der Waals surface area contributed by atoms with Crippen LogP contribution >= 0.6 is 9.39 Å². The van der Waals surface area contributed by atoms with Crippen molar-refractivity contribution in [3.05, 3.63) is 0 Å². The maximum atomic E-state index is 11.2. The number of hydrogen-bond donors (Lipinski definition) is 3. The third kappa shape index (κ3) is 8.15. The maximum absolute atomic E-state index is 11.2. The van der Waals surface area contributed by atoms with Gasteiger partial charge >= 0.3 is 0 Å². The molecule has 0 aromatic carbocycles. The molecule has 0 spiro atoms. The molecule has 8 heteroatoms. The van der Waals surface area contributed by atoms with E-state index in [0.717, 1.165) is 5.92 Å². The molecule has 4 N–H and O–H groups in total. The molecule has 2 aliphatic heterocycles. The summed E-state index contributed by atoms with van der Waals surface area (Å²) >= 11 is 0. The zero-order valence-corrected chi connectivity index (χ0v) is 17.3. The number of nitrogens with zero attached hydrogens (tertiary/aromatic N) is 1. The molecule has 0 aliphatic carbocycles. The maximum Gasteiger partial charge on any atom is 0.240 e. The normalized spacial score (nSPS) is 25.6. The molecule has 2 saturated heterocycles. The second-order valence-corrected chi connectivity index (χ2v) is 7.80. The Morgan fingerprint density at radius 1 is 1.52 bits per heavy atom. The lowest BCUT2D eigenvalue weighted by Crippen LogP contribution is -2.42. The number of rotatable bonds is 5. The molecular formula is C17H35N4O3P. The van der Waals surface area contributed by atoms with Gasteiger partial charge in [0.2, 0.25) is 18.2 Å². The first kappa shape index (κ1) is 23.8. The van der Waals surface area contributed by atoms with E-state index in [1.807, 2.05) is 13.8 Å². The average Bonchev–Trinajstić information content (AvgIpc) is 3.03. The topological polar surface area (TPSA) is 105 Å². The fraction of sp³-hybridized carbons (Fsp3) is 0.824. The van der Waals surface area contributed by atoms with Gasteiger partial charge in [-0.25, -0.2) is 0 Å². The Labute approximate surface area is 154 Å². The van der Waals surface area contributed by atoms with Crippen molar-refractivity contribution in [3.63, 3.8) is 0 Å². The van der Waals surface area contributed by atoms with Crippen molar-refractivity contribution in [2.24, 2.45) is 23.0 Å². The summed E-state index contributed by atoms with van der Waals surface area (Å²) in [6.45, 7) is 14.1. The van der Waals surface area contributed by atoms with Gasteiger partial charge in [0.15, 0.2) is 0 Å². The minimum Gasteiger partial charge on any atom is -0.368 e. The van der Waals surface area contributed by atoms with E-state index in [9.17, 15) is 14.4 Å². The first-order valence-corrected chi connectivity index (χ1v) is 9.45. The standard InChI is InChI=1S/C8H13N3O3.C7H16NP.C2H6/c9-7(13)6(11-4-12)3-5-1-2-10-8(5)14;1-6-4-8(9)5-7(6,2)3;1-2/h4-6H,1-3H2,(H2,9,13)(H,10,14)(H,11,12);6H,4-5,9H2,1-3H3;1-2H3/t5?,6-;;/m0../s1. The predicted octanol–water partition coefficient (Wildman–Crippen LogP) is 0.893. The highest BCUT2D eigenvalue weighted by Crippen LogP contribution is 2.35. The summed E-state index contributed by atoms with van der Waals surface area (Å²) in [4.78, 5) is 32.2. The van der Waals surface area contributed by atoms with Gasteiger partial charge in [0.05, 0.1) is 0 Å². The summed E-state index contributed by atoms with van der Waals surface area (Å²) in [6, 6.07) is -0.749. The summed E-state index contributed by atoms with van der Waals surface area (Å²) in [5.74, 6) is -0.0734. The van der Waals surface area contributed by atoms with Crippen LogP contribution < -0.4 is 16.4 Å². The summed E-state index contributed by atoms with van der Waals surface area (Å²) in [5, 5.41) is 4.94. The predicted molar refractivity (Wildman–Crippen MR) is 103 cm³/mol. The highest BCUT2D eigenvalue weighted by Gasteiger charge is 2.34. The molecule has 25 heavy (non-hydrogen) atoms. The molecule has 3 unspecified atom stereocenters. The van der Waals surface area contributed by atoms with E-state index in [4.69, 9.17) is 5.73 Å². The van der Waals surface area contributed by atoms with Crippen molar-refractivity contribution in [2.75, 3.05) is 19.6 Å². The Bertz CT molecular complexity index is 446. The molecular weight excluding hydrogens is 339 g/mol. The SMILES string of the molecule is CC.CC1CN(P)CC1(C)C.NC(=O)[C@H](CC1CCNC1=O)NC=O. The van der Waals surface area contributed by atoms with Crippen molar-refractivity contribution in [3.8, 4) is 0 Å². The lowest BCUT2D eigenvalue weighted by molar-refractivity contribution is -0.125. The smallest absolute Gasteiger partial charge is 0.240 e. The van der Waals surface area contributed by atoms with Crippen LogP contribution in [0.5, 0.6) is 0 Å². The number of nitrogens with one attached hydrogen (secondary N) is 2. The van der Waals surface area contributed by atoms with Crippen LogP contribution in [0.15, 0.2) is 0 Å². The molecule has 2 rings (SSSR count). The molecule has 7 nitrogen and oxygen atoms in total. The van der Waals surface area contributed by atoms with Gasteiger partial charge in [0.25, 0.3) is 0 Å². The van der Waals surface area contributed by atoms with Crippen molar-refractivity contribution < 1.29 is 14.4 Å². The average molecular weight is 374 g/mol. The summed E-state index contributed by atoms with van der Waals surface area (Å²) in [5.41, 5.74) is 5.58. The molecule has 0 saturated carbocycles. The summed E-state index contributed by atoms with van der Waals surface area (Å²) in [7, 11) is 2.77. The highest BCUT2D eigenvalue weighted by atomic mass is 31.0.